The average Bonchev–Trinajstić information content (AvgIpc) is 2.90. The summed E-state index contributed by atoms with van der Waals surface area (Å²) < 4.78 is 18.7. The summed E-state index contributed by atoms with van der Waals surface area (Å²) in [5.74, 6) is -0.258. The second-order valence-electron chi connectivity index (χ2n) is 5.42. The number of hydrogen-bond donors (Lipinski definition) is 0. The van der Waals surface area contributed by atoms with Crippen LogP contribution in [0.3, 0.4) is 0 Å². The van der Waals surface area contributed by atoms with Gasteiger partial charge in [-0.05, 0) is 42.7 Å². The Hall–Kier alpha value is -2.36. The molecular weight excluding hydrogens is 267 g/mol. The first-order valence-corrected chi connectivity index (χ1v) is 7.18. The van der Waals surface area contributed by atoms with E-state index in [-0.39, 0.29) is 5.82 Å². The highest BCUT2D eigenvalue weighted by atomic mass is 19.1. The molecule has 0 atom stereocenters. The van der Waals surface area contributed by atoms with Gasteiger partial charge in [0.2, 0.25) is 0 Å². The van der Waals surface area contributed by atoms with Crippen LogP contribution in [-0.4, -0.2) is 11.7 Å². The van der Waals surface area contributed by atoms with E-state index in [0.717, 1.165) is 30.5 Å². The normalized spacial score (nSPS) is 14.4. The highest BCUT2D eigenvalue weighted by Crippen LogP contribution is 2.29. The Labute approximate surface area is 122 Å². The fourth-order valence-corrected chi connectivity index (χ4v) is 3.03. The van der Waals surface area contributed by atoms with Crippen molar-refractivity contribution in [1.82, 2.24) is 5.16 Å². The van der Waals surface area contributed by atoms with Gasteiger partial charge in [-0.1, -0.05) is 23.4 Å². The molecule has 0 spiro atoms. The SMILES string of the molecule is Fc1ccc2onc(CN3CCCc4ccccc43)c2c1. The van der Waals surface area contributed by atoms with E-state index in [1.807, 2.05) is 0 Å². The van der Waals surface area contributed by atoms with E-state index in [2.05, 4.69) is 34.3 Å². The van der Waals surface area contributed by atoms with E-state index in [1.165, 1.54) is 23.4 Å². The Morgan fingerprint density at radius 3 is 3.05 bits per heavy atom. The molecule has 0 bridgehead atoms. The zero-order valence-electron chi connectivity index (χ0n) is 11.6. The van der Waals surface area contributed by atoms with Gasteiger partial charge in [0.05, 0.1) is 6.54 Å². The van der Waals surface area contributed by atoms with Gasteiger partial charge >= 0.3 is 0 Å². The van der Waals surface area contributed by atoms with E-state index >= 15 is 0 Å². The molecule has 3 nitrogen and oxygen atoms in total. The predicted molar refractivity (Wildman–Crippen MR) is 79.8 cm³/mol. The molecule has 0 N–H and O–H groups in total. The molecule has 4 heteroatoms. The molecule has 106 valence electrons. The number of hydrogen-bond acceptors (Lipinski definition) is 3. The molecule has 1 aliphatic heterocycles. The van der Waals surface area contributed by atoms with Crippen molar-refractivity contribution in [2.45, 2.75) is 19.4 Å². The van der Waals surface area contributed by atoms with Crippen LogP contribution >= 0.6 is 0 Å². The lowest BCUT2D eigenvalue weighted by atomic mass is 10.0. The molecule has 0 fully saturated rings. The third-order valence-corrected chi connectivity index (χ3v) is 4.05. The van der Waals surface area contributed by atoms with Crippen LogP contribution < -0.4 is 4.90 Å². The summed E-state index contributed by atoms with van der Waals surface area (Å²) in [6, 6.07) is 13.0. The highest BCUT2D eigenvalue weighted by molar-refractivity contribution is 5.79. The molecule has 1 aromatic heterocycles. The Kier molecular flexibility index (Phi) is 2.88. The Balaban J connectivity index is 1.71. The fraction of sp³-hybridized carbons (Fsp3) is 0.235. The molecule has 2 aromatic carbocycles. The van der Waals surface area contributed by atoms with Crippen LogP contribution in [0.5, 0.6) is 0 Å². The molecule has 0 saturated carbocycles. The van der Waals surface area contributed by atoms with Crippen molar-refractivity contribution in [2.24, 2.45) is 0 Å². The van der Waals surface area contributed by atoms with Gasteiger partial charge in [-0.15, -0.1) is 0 Å². The summed E-state index contributed by atoms with van der Waals surface area (Å²) in [6.45, 7) is 1.63. The first-order valence-electron chi connectivity index (χ1n) is 7.18. The van der Waals surface area contributed by atoms with Gasteiger partial charge in [0.25, 0.3) is 0 Å². The van der Waals surface area contributed by atoms with Gasteiger partial charge in [0.1, 0.15) is 11.5 Å². The van der Waals surface area contributed by atoms with Gasteiger partial charge < -0.3 is 9.42 Å². The predicted octanol–water partition coefficient (Wildman–Crippen LogP) is 3.92. The quantitative estimate of drug-likeness (QED) is 0.713. The molecule has 0 radical (unpaired) electrons. The minimum atomic E-state index is -0.258. The van der Waals surface area contributed by atoms with Gasteiger partial charge in [-0.3, -0.25) is 0 Å². The number of para-hydroxylation sites is 1. The number of anilines is 1. The Morgan fingerprint density at radius 2 is 2.10 bits per heavy atom. The van der Waals surface area contributed by atoms with Crippen LogP contribution in [0.25, 0.3) is 11.0 Å². The molecule has 0 aliphatic carbocycles. The summed E-state index contributed by atoms with van der Waals surface area (Å²) in [7, 11) is 0. The van der Waals surface area contributed by atoms with Gasteiger partial charge in [0.15, 0.2) is 5.58 Å². The summed E-state index contributed by atoms with van der Waals surface area (Å²) in [6.07, 6.45) is 2.24. The van der Waals surface area contributed by atoms with E-state index in [1.54, 1.807) is 6.07 Å². The lowest BCUT2D eigenvalue weighted by Crippen LogP contribution is -2.28. The van der Waals surface area contributed by atoms with E-state index < -0.39 is 0 Å². The van der Waals surface area contributed by atoms with Gasteiger partial charge in [0, 0.05) is 17.6 Å². The molecule has 4 rings (SSSR count). The van der Waals surface area contributed by atoms with Crippen LogP contribution in [0.2, 0.25) is 0 Å². The molecule has 0 amide bonds. The van der Waals surface area contributed by atoms with Crippen molar-refractivity contribution >= 4 is 16.7 Å². The van der Waals surface area contributed by atoms with Crippen molar-refractivity contribution in [1.29, 1.82) is 0 Å². The fourth-order valence-electron chi connectivity index (χ4n) is 3.03. The van der Waals surface area contributed by atoms with Crippen molar-refractivity contribution in [2.75, 3.05) is 11.4 Å². The van der Waals surface area contributed by atoms with Crippen LogP contribution in [0, 0.1) is 5.82 Å². The topological polar surface area (TPSA) is 29.3 Å². The first-order chi connectivity index (χ1) is 10.3. The minimum absolute atomic E-state index is 0.258. The zero-order valence-corrected chi connectivity index (χ0v) is 11.6. The molecule has 2 heterocycles. The average molecular weight is 282 g/mol. The van der Waals surface area contributed by atoms with Crippen molar-refractivity contribution < 1.29 is 8.91 Å². The number of benzene rings is 2. The summed E-state index contributed by atoms with van der Waals surface area (Å²) >= 11 is 0. The maximum Gasteiger partial charge on any atom is 0.167 e. The smallest absolute Gasteiger partial charge is 0.167 e. The monoisotopic (exact) mass is 282 g/mol. The number of rotatable bonds is 2. The number of aromatic nitrogens is 1. The standard InChI is InChI=1S/C17H15FN2O/c18-13-7-8-17-14(10-13)15(19-21-17)11-20-9-3-5-12-4-1-2-6-16(12)20/h1-2,4,6-8,10H,3,5,9,11H2. The maximum atomic E-state index is 13.4. The molecule has 21 heavy (non-hydrogen) atoms. The minimum Gasteiger partial charge on any atom is -0.365 e. The third-order valence-electron chi connectivity index (χ3n) is 4.05. The maximum absolute atomic E-state index is 13.4. The number of aryl methyl sites for hydroxylation is 1. The lowest BCUT2D eigenvalue weighted by molar-refractivity contribution is 0.444. The number of nitrogens with zero attached hydrogens (tertiary/aromatic N) is 2. The second kappa shape index (κ2) is 4.88. The first kappa shape index (κ1) is 12.4. The third kappa shape index (κ3) is 2.17. The molecule has 0 unspecified atom stereocenters. The van der Waals surface area contributed by atoms with Crippen LogP contribution in [0.4, 0.5) is 10.1 Å². The molecular formula is C17H15FN2O. The van der Waals surface area contributed by atoms with Gasteiger partial charge in [-0.2, -0.15) is 0 Å². The number of fused-ring (bicyclic) bond motifs is 2. The van der Waals surface area contributed by atoms with Crippen molar-refractivity contribution in [3.63, 3.8) is 0 Å². The molecule has 0 saturated heterocycles. The zero-order chi connectivity index (χ0) is 14.2. The Bertz CT molecular complexity index is 796. The summed E-state index contributed by atoms with van der Waals surface area (Å²) in [5, 5.41) is 4.88. The van der Waals surface area contributed by atoms with Gasteiger partial charge in [-0.25, -0.2) is 4.39 Å². The van der Waals surface area contributed by atoms with Crippen molar-refractivity contribution in [3.05, 3.63) is 59.5 Å². The van der Waals surface area contributed by atoms with E-state index in [4.69, 9.17) is 4.52 Å². The summed E-state index contributed by atoms with van der Waals surface area (Å²) in [4.78, 5) is 2.29. The lowest BCUT2D eigenvalue weighted by Gasteiger charge is -2.30. The largest absolute Gasteiger partial charge is 0.365 e. The molecule has 3 aromatic rings. The van der Waals surface area contributed by atoms with E-state index in [9.17, 15) is 4.39 Å². The summed E-state index contributed by atoms with van der Waals surface area (Å²) in [5.41, 5.74) is 4.04. The van der Waals surface area contributed by atoms with Crippen molar-refractivity contribution in [3.8, 4) is 0 Å². The number of halogens is 1. The second-order valence-corrected chi connectivity index (χ2v) is 5.42. The van der Waals surface area contributed by atoms with Crippen LogP contribution in [0.15, 0.2) is 47.0 Å². The molecule has 1 aliphatic rings. The van der Waals surface area contributed by atoms with Crippen LogP contribution in [-0.2, 0) is 13.0 Å². The highest BCUT2D eigenvalue weighted by Gasteiger charge is 2.19. The van der Waals surface area contributed by atoms with Crippen LogP contribution in [0.1, 0.15) is 17.7 Å². The Morgan fingerprint density at radius 1 is 1.19 bits per heavy atom. The van der Waals surface area contributed by atoms with E-state index in [0.29, 0.717) is 12.1 Å².